The van der Waals surface area contributed by atoms with Gasteiger partial charge in [0.2, 0.25) is 5.91 Å². The Kier molecular flexibility index (Phi) is 4.74. The number of hydrogen-bond donors (Lipinski definition) is 0. The number of hydrogen-bond acceptors (Lipinski definition) is 3. The van der Waals surface area contributed by atoms with Crippen LogP contribution in [0.2, 0.25) is 0 Å². The molecule has 3 aliphatic rings. The normalized spacial score (nSPS) is 22.8. The summed E-state index contributed by atoms with van der Waals surface area (Å²) in [5.41, 5.74) is 5.32. The van der Waals surface area contributed by atoms with Gasteiger partial charge in [-0.25, -0.2) is 0 Å². The molecule has 1 atom stereocenters. The molecule has 2 aromatic rings. The van der Waals surface area contributed by atoms with Crippen LogP contribution in [0.15, 0.2) is 48.5 Å². The van der Waals surface area contributed by atoms with Crippen molar-refractivity contribution in [2.24, 2.45) is 0 Å². The molecule has 0 spiro atoms. The molecule has 4 heteroatoms. The summed E-state index contributed by atoms with van der Waals surface area (Å²) in [6.45, 7) is 3.39. The van der Waals surface area contributed by atoms with E-state index >= 15 is 0 Å². The molecule has 0 radical (unpaired) electrons. The highest BCUT2D eigenvalue weighted by atomic mass is 16.5. The first-order valence-corrected chi connectivity index (χ1v) is 10.00. The average Bonchev–Trinajstić information content (AvgIpc) is 2.68. The van der Waals surface area contributed by atoms with Crippen molar-refractivity contribution in [3.63, 3.8) is 0 Å². The SMILES string of the molecule is CC(=O)OC(CN(C)C(C)=O)CC12CCC(c3ccccc31)c1ccccc12. The van der Waals surface area contributed by atoms with Crippen molar-refractivity contribution in [2.45, 2.75) is 50.5 Å². The van der Waals surface area contributed by atoms with Gasteiger partial charge >= 0.3 is 5.97 Å². The number of carbonyl (C=O) groups excluding carboxylic acids is 2. The fourth-order valence-corrected chi connectivity index (χ4v) is 5.28. The van der Waals surface area contributed by atoms with Crippen molar-refractivity contribution >= 4 is 11.9 Å². The Morgan fingerprint density at radius 2 is 1.64 bits per heavy atom. The third kappa shape index (κ3) is 3.01. The van der Waals surface area contributed by atoms with Crippen LogP contribution in [0.3, 0.4) is 0 Å². The molecule has 146 valence electrons. The van der Waals surface area contributed by atoms with Crippen LogP contribution in [0, 0.1) is 0 Å². The molecule has 28 heavy (non-hydrogen) atoms. The van der Waals surface area contributed by atoms with Crippen LogP contribution >= 0.6 is 0 Å². The van der Waals surface area contributed by atoms with Crippen LogP contribution < -0.4 is 0 Å². The van der Waals surface area contributed by atoms with Gasteiger partial charge in [-0.1, -0.05) is 48.5 Å². The van der Waals surface area contributed by atoms with Gasteiger partial charge in [0.1, 0.15) is 6.10 Å². The van der Waals surface area contributed by atoms with E-state index in [1.54, 1.807) is 18.9 Å². The molecule has 1 amide bonds. The maximum Gasteiger partial charge on any atom is 0.302 e. The minimum Gasteiger partial charge on any atom is -0.461 e. The van der Waals surface area contributed by atoms with Crippen LogP contribution in [-0.4, -0.2) is 36.5 Å². The van der Waals surface area contributed by atoms with Gasteiger partial charge in [0.15, 0.2) is 0 Å². The van der Waals surface area contributed by atoms with Gasteiger partial charge < -0.3 is 9.64 Å². The fraction of sp³-hybridized carbons (Fsp3) is 0.417. The molecule has 0 aliphatic heterocycles. The van der Waals surface area contributed by atoms with Gasteiger partial charge in [0.25, 0.3) is 0 Å². The lowest BCUT2D eigenvalue weighted by Gasteiger charge is -2.50. The maximum atomic E-state index is 11.8. The minimum atomic E-state index is -0.345. The second kappa shape index (κ2) is 7.08. The van der Waals surface area contributed by atoms with Crippen LogP contribution in [0.1, 0.15) is 61.3 Å². The van der Waals surface area contributed by atoms with Crippen molar-refractivity contribution in [3.05, 3.63) is 70.8 Å². The highest BCUT2D eigenvalue weighted by Gasteiger charge is 2.49. The molecule has 2 aromatic carbocycles. The summed E-state index contributed by atoms with van der Waals surface area (Å²) in [7, 11) is 1.76. The molecule has 1 unspecified atom stereocenters. The second-order valence-electron chi connectivity index (χ2n) is 8.18. The lowest BCUT2D eigenvalue weighted by molar-refractivity contribution is -0.150. The summed E-state index contributed by atoms with van der Waals surface area (Å²) in [5.74, 6) is 0.119. The first-order valence-electron chi connectivity index (χ1n) is 10.00. The standard InChI is InChI=1S/C24H27NO3/c1-16(26)25(3)15-18(28-17(2)27)14-24-13-12-19(20-8-4-6-10-22(20)24)21-9-5-7-11-23(21)24/h4-11,18-19H,12-15H2,1-3H3. The quantitative estimate of drug-likeness (QED) is 0.740. The zero-order valence-corrected chi connectivity index (χ0v) is 16.8. The van der Waals surface area contributed by atoms with Crippen molar-refractivity contribution in [2.75, 3.05) is 13.6 Å². The molecule has 4 nitrogen and oxygen atoms in total. The Labute approximate surface area is 166 Å². The van der Waals surface area contributed by atoms with Crippen LogP contribution in [0.4, 0.5) is 0 Å². The molecular weight excluding hydrogens is 350 g/mol. The van der Waals surface area contributed by atoms with E-state index in [0.717, 1.165) is 12.8 Å². The summed E-state index contributed by atoms with van der Waals surface area (Å²) < 4.78 is 5.72. The number of carbonyl (C=O) groups is 2. The van der Waals surface area contributed by atoms with Gasteiger partial charge in [-0.05, 0) is 41.5 Å². The van der Waals surface area contributed by atoms with E-state index in [0.29, 0.717) is 18.9 Å². The molecule has 0 aromatic heterocycles. The first-order chi connectivity index (χ1) is 13.4. The summed E-state index contributed by atoms with van der Waals surface area (Å²) in [4.78, 5) is 25.2. The summed E-state index contributed by atoms with van der Waals surface area (Å²) in [6.07, 6.45) is 2.48. The predicted octanol–water partition coefficient (Wildman–Crippen LogP) is 4.01. The number of esters is 1. The molecule has 0 N–H and O–H groups in total. The fourth-order valence-electron chi connectivity index (χ4n) is 5.28. The lowest BCUT2D eigenvalue weighted by Crippen LogP contribution is -2.45. The Morgan fingerprint density at radius 1 is 1.07 bits per heavy atom. The largest absolute Gasteiger partial charge is 0.461 e. The molecular formula is C24H27NO3. The van der Waals surface area contributed by atoms with Crippen LogP contribution in [-0.2, 0) is 19.7 Å². The van der Waals surface area contributed by atoms with Crippen LogP contribution in [0.25, 0.3) is 0 Å². The molecule has 0 saturated heterocycles. The zero-order valence-electron chi connectivity index (χ0n) is 16.8. The third-order valence-electron chi connectivity index (χ3n) is 6.49. The Bertz CT molecular complexity index is 872. The highest BCUT2D eigenvalue weighted by molar-refractivity contribution is 5.73. The minimum absolute atomic E-state index is 0.0252. The molecule has 3 aliphatic carbocycles. The summed E-state index contributed by atoms with van der Waals surface area (Å²) in [6, 6.07) is 17.4. The van der Waals surface area contributed by atoms with E-state index in [1.807, 2.05) is 0 Å². The number of ether oxygens (including phenoxy) is 1. The number of nitrogens with zero attached hydrogens (tertiary/aromatic N) is 1. The molecule has 0 fully saturated rings. The number of rotatable bonds is 5. The maximum absolute atomic E-state index is 11.8. The lowest BCUT2D eigenvalue weighted by atomic mass is 9.53. The average molecular weight is 377 g/mol. The number of amides is 1. The van der Waals surface area contributed by atoms with Gasteiger partial charge in [0.05, 0.1) is 6.54 Å². The van der Waals surface area contributed by atoms with Crippen LogP contribution in [0.5, 0.6) is 0 Å². The number of likely N-dealkylation sites (N-methyl/N-ethyl adjacent to an activating group) is 1. The van der Waals surface area contributed by atoms with Gasteiger partial charge in [-0.2, -0.15) is 0 Å². The van der Waals surface area contributed by atoms with E-state index in [2.05, 4.69) is 48.5 Å². The van der Waals surface area contributed by atoms with E-state index in [4.69, 9.17) is 4.74 Å². The Morgan fingerprint density at radius 3 is 2.18 bits per heavy atom. The van der Waals surface area contributed by atoms with Crippen molar-refractivity contribution < 1.29 is 14.3 Å². The van der Waals surface area contributed by atoms with Crippen molar-refractivity contribution in [1.82, 2.24) is 4.90 Å². The Hall–Kier alpha value is -2.62. The third-order valence-corrected chi connectivity index (χ3v) is 6.49. The molecule has 2 bridgehead atoms. The monoisotopic (exact) mass is 377 g/mol. The van der Waals surface area contributed by atoms with Gasteiger partial charge in [-0.3, -0.25) is 9.59 Å². The zero-order chi connectivity index (χ0) is 19.9. The summed E-state index contributed by atoms with van der Waals surface area (Å²) in [5, 5.41) is 0. The van der Waals surface area contributed by atoms with Crippen molar-refractivity contribution in [1.29, 1.82) is 0 Å². The Balaban J connectivity index is 1.79. The molecule has 0 heterocycles. The van der Waals surface area contributed by atoms with E-state index < -0.39 is 0 Å². The van der Waals surface area contributed by atoms with E-state index in [1.165, 1.54) is 29.2 Å². The number of fused-ring (bicyclic) bond motifs is 1. The van der Waals surface area contributed by atoms with E-state index in [-0.39, 0.29) is 23.4 Å². The molecule has 5 rings (SSSR count). The predicted molar refractivity (Wildman–Crippen MR) is 108 cm³/mol. The topological polar surface area (TPSA) is 46.6 Å². The second-order valence-corrected chi connectivity index (χ2v) is 8.18. The highest BCUT2D eigenvalue weighted by Crippen LogP contribution is 2.58. The summed E-state index contributed by atoms with van der Waals surface area (Å²) >= 11 is 0. The number of benzene rings is 2. The molecule has 0 saturated carbocycles. The van der Waals surface area contributed by atoms with Gasteiger partial charge in [-0.15, -0.1) is 0 Å². The first kappa shape index (κ1) is 18.7. The smallest absolute Gasteiger partial charge is 0.302 e. The van der Waals surface area contributed by atoms with E-state index in [9.17, 15) is 9.59 Å². The van der Waals surface area contributed by atoms with Gasteiger partial charge in [0, 0.05) is 32.2 Å². The van der Waals surface area contributed by atoms with Crippen molar-refractivity contribution in [3.8, 4) is 0 Å².